The summed E-state index contributed by atoms with van der Waals surface area (Å²) in [4.78, 5) is 16.6. The Balaban J connectivity index is 1.30. The van der Waals surface area contributed by atoms with Crippen LogP contribution in [0.5, 0.6) is 11.5 Å². The number of methoxy groups -OCH3 is 1. The molecule has 6 nitrogen and oxygen atoms in total. The Bertz CT molecular complexity index is 777. The minimum absolute atomic E-state index is 0.0791. The van der Waals surface area contributed by atoms with Crippen molar-refractivity contribution in [2.75, 3.05) is 53.0 Å². The molecule has 1 N–H and O–H groups in total. The summed E-state index contributed by atoms with van der Waals surface area (Å²) < 4.78 is 24.5. The summed E-state index contributed by atoms with van der Waals surface area (Å²) >= 11 is 0. The van der Waals surface area contributed by atoms with Crippen LogP contribution >= 0.6 is 0 Å². The fourth-order valence-electron chi connectivity index (χ4n) is 3.23. The number of hydrogen-bond acceptors (Lipinski definition) is 5. The molecule has 1 aliphatic rings. The first-order valence-corrected chi connectivity index (χ1v) is 9.86. The molecule has 1 amide bonds. The summed E-state index contributed by atoms with van der Waals surface area (Å²) in [5.74, 6) is 1.27. The van der Waals surface area contributed by atoms with Gasteiger partial charge in [0, 0.05) is 44.8 Å². The average molecular weight is 401 g/mol. The maximum Gasteiger partial charge on any atom is 0.234 e. The molecule has 0 unspecified atom stereocenters. The Hall–Kier alpha value is -2.64. The van der Waals surface area contributed by atoms with Gasteiger partial charge in [0.15, 0.2) is 0 Å². The van der Waals surface area contributed by atoms with Crippen molar-refractivity contribution in [2.45, 2.75) is 6.54 Å². The lowest BCUT2D eigenvalue weighted by Gasteiger charge is -2.34. The van der Waals surface area contributed by atoms with E-state index in [0.717, 1.165) is 44.2 Å². The molecule has 7 heteroatoms. The van der Waals surface area contributed by atoms with Crippen LogP contribution in [0.3, 0.4) is 0 Å². The van der Waals surface area contributed by atoms with Crippen LogP contribution in [0, 0.1) is 5.82 Å². The molecule has 2 aromatic carbocycles. The molecule has 1 fully saturated rings. The van der Waals surface area contributed by atoms with E-state index in [9.17, 15) is 9.18 Å². The third-order valence-electron chi connectivity index (χ3n) is 5.00. The van der Waals surface area contributed by atoms with E-state index in [1.807, 2.05) is 24.3 Å². The maximum atomic E-state index is 13.6. The van der Waals surface area contributed by atoms with Gasteiger partial charge in [-0.1, -0.05) is 18.2 Å². The van der Waals surface area contributed by atoms with Crippen molar-refractivity contribution in [2.24, 2.45) is 0 Å². The lowest BCUT2D eigenvalue weighted by atomic mass is 10.2. The van der Waals surface area contributed by atoms with E-state index in [1.165, 1.54) is 6.07 Å². The van der Waals surface area contributed by atoms with E-state index in [-0.39, 0.29) is 18.3 Å². The zero-order chi connectivity index (χ0) is 20.5. The van der Waals surface area contributed by atoms with Gasteiger partial charge in [0.2, 0.25) is 5.91 Å². The largest absolute Gasteiger partial charge is 0.497 e. The topological polar surface area (TPSA) is 54.0 Å². The van der Waals surface area contributed by atoms with Crippen LogP contribution in [-0.4, -0.2) is 68.7 Å². The lowest BCUT2D eigenvalue weighted by Crippen LogP contribution is -2.50. The Morgan fingerprint density at radius 3 is 2.34 bits per heavy atom. The summed E-state index contributed by atoms with van der Waals surface area (Å²) in [5.41, 5.74) is 0.502. The summed E-state index contributed by atoms with van der Waals surface area (Å²) in [7, 11) is 1.64. The molecule has 1 heterocycles. The van der Waals surface area contributed by atoms with Gasteiger partial charge in [0.05, 0.1) is 13.7 Å². The Kier molecular flexibility index (Phi) is 7.84. The molecule has 1 saturated heterocycles. The van der Waals surface area contributed by atoms with Gasteiger partial charge in [-0.2, -0.15) is 0 Å². The van der Waals surface area contributed by atoms with Gasteiger partial charge in [0.1, 0.15) is 23.9 Å². The summed E-state index contributed by atoms with van der Waals surface area (Å²) in [5, 5.41) is 2.80. The number of amides is 1. The fraction of sp³-hybridized carbons (Fsp3) is 0.409. The second-order valence-corrected chi connectivity index (χ2v) is 7.01. The predicted molar refractivity (Wildman–Crippen MR) is 110 cm³/mol. The highest BCUT2D eigenvalue weighted by atomic mass is 19.1. The highest BCUT2D eigenvalue weighted by Crippen LogP contribution is 2.17. The van der Waals surface area contributed by atoms with E-state index in [2.05, 4.69) is 15.1 Å². The maximum absolute atomic E-state index is 13.6. The number of rotatable bonds is 9. The molecule has 0 spiro atoms. The van der Waals surface area contributed by atoms with Crippen LogP contribution in [0.1, 0.15) is 5.56 Å². The molecular weight excluding hydrogens is 373 g/mol. The summed E-state index contributed by atoms with van der Waals surface area (Å²) in [6.07, 6.45) is 0. The van der Waals surface area contributed by atoms with E-state index < -0.39 is 0 Å². The number of nitrogens with zero attached hydrogens (tertiary/aromatic N) is 2. The minimum Gasteiger partial charge on any atom is -0.497 e. The summed E-state index contributed by atoms with van der Waals surface area (Å²) in [6, 6.07) is 14.1. The normalized spacial score (nSPS) is 15.1. The standard InChI is InChI=1S/C22H28FN3O3/c1-28-19-6-8-20(9-7-19)29-15-14-25-10-12-26(13-11-25)17-22(27)24-16-18-4-2-3-5-21(18)23/h2-9H,10-17H2,1H3,(H,24,27). The molecule has 0 aromatic heterocycles. The zero-order valence-electron chi connectivity index (χ0n) is 16.8. The molecule has 1 aliphatic heterocycles. The van der Waals surface area contributed by atoms with Crippen molar-refractivity contribution in [3.05, 3.63) is 59.9 Å². The highest BCUT2D eigenvalue weighted by molar-refractivity contribution is 5.78. The first-order chi connectivity index (χ1) is 14.1. The highest BCUT2D eigenvalue weighted by Gasteiger charge is 2.18. The van der Waals surface area contributed by atoms with Crippen molar-refractivity contribution in [3.63, 3.8) is 0 Å². The van der Waals surface area contributed by atoms with Crippen LogP contribution in [-0.2, 0) is 11.3 Å². The van der Waals surface area contributed by atoms with E-state index >= 15 is 0 Å². The molecule has 0 bridgehead atoms. The van der Waals surface area contributed by atoms with Crippen molar-refractivity contribution in [3.8, 4) is 11.5 Å². The first kappa shape index (κ1) is 21.1. The van der Waals surface area contributed by atoms with Crippen LogP contribution < -0.4 is 14.8 Å². The van der Waals surface area contributed by atoms with Crippen molar-refractivity contribution in [1.82, 2.24) is 15.1 Å². The Morgan fingerprint density at radius 2 is 1.66 bits per heavy atom. The third-order valence-corrected chi connectivity index (χ3v) is 5.00. The molecule has 3 rings (SSSR count). The first-order valence-electron chi connectivity index (χ1n) is 9.86. The van der Waals surface area contributed by atoms with Crippen LogP contribution in [0.2, 0.25) is 0 Å². The number of halogens is 1. The van der Waals surface area contributed by atoms with E-state index in [4.69, 9.17) is 9.47 Å². The molecule has 0 saturated carbocycles. The van der Waals surface area contributed by atoms with Gasteiger partial charge in [-0.15, -0.1) is 0 Å². The average Bonchev–Trinajstić information content (AvgIpc) is 2.75. The molecule has 0 radical (unpaired) electrons. The number of ether oxygens (including phenoxy) is 2. The monoisotopic (exact) mass is 401 g/mol. The van der Waals surface area contributed by atoms with Crippen LogP contribution in [0.15, 0.2) is 48.5 Å². The van der Waals surface area contributed by atoms with Crippen LogP contribution in [0.4, 0.5) is 4.39 Å². The number of carbonyl (C=O) groups excluding carboxylic acids is 1. The second kappa shape index (κ2) is 10.8. The Labute approximate surface area is 171 Å². The van der Waals surface area contributed by atoms with E-state index in [1.54, 1.807) is 25.3 Å². The molecule has 156 valence electrons. The van der Waals surface area contributed by atoms with E-state index in [0.29, 0.717) is 18.7 Å². The SMILES string of the molecule is COc1ccc(OCCN2CCN(CC(=O)NCc3ccccc3F)CC2)cc1. The third kappa shape index (κ3) is 6.73. The quantitative estimate of drug-likeness (QED) is 0.698. The van der Waals surface area contributed by atoms with Crippen molar-refractivity contribution >= 4 is 5.91 Å². The van der Waals surface area contributed by atoms with Gasteiger partial charge < -0.3 is 14.8 Å². The smallest absolute Gasteiger partial charge is 0.234 e. The fourth-order valence-corrected chi connectivity index (χ4v) is 3.23. The summed E-state index contributed by atoms with van der Waals surface area (Å²) in [6.45, 7) is 5.47. The molecular formula is C22H28FN3O3. The van der Waals surface area contributed by atoms with Gasteiger partial charge in [-0.05, 0) is 30.3 Å². The number of nitrogens with one attached hydrogen (secondary N) is 1. The minimum atomic E-state index is -0.293. The molecule has 29 heavy (non-hydrogen) atoms. The number of carbonyl (C=O) groups is 1. The lowest BCUT2D eigenvalue weighted by molar-refractivity contribution is -0.122. The number of piperazine rings is 1. The van der Waals surface area contributed by atoms with Crippen molar-refractivity contribution < 1.29 is 18.7 Å². The van der Waals surface area contributed by atoms with Crippen LogP contribution in [0.25, 0.3) is 0 Å². The predicted octanol–water partition coefficient (Wildman–Crippen LogP) is 2.15. The Morgan fingerprint density at radius 1 is 1.00 bits per heavy atom. The number of hydrogen-bond donors (Lipinski definition) is 1. The molecule has 2 aromatic rings. The van der Waals surface area contributed by atoms with Gasteiger partial charge in [0.25, 0.3) is 0 Å². The van der Waals surface area contributed by atoms with Crippen molar-refractivity contribution in [1.29, 1.82) is 0 Å². The number of benzene rings is 2. The second-order valence-electron chi connectivity index (χ2n) is 7.01. The molecule has 0 atom stereocenters. The van der Waals surface area contributed by atoms with Gasteiger partial charge in [-0.25, -0.2) is 4.39 Å². The van der Waals surface area contributed by atoms with Gasteiger partial charge >= 0.3 is 0 Å². The molecule has 0 aliphatic carbocycles. The van der Waals surface area contributed by atoms with Gasteiger partial charge in [-0.3, -0.25) is 14.6 Å². The zero-order valence-corrected chi connectivity index (χ0v) is 16.8.